The van der Waals surface area contributed by atoms with Gasteiger partial charge in [0.15, 0.2) is 0 Å². The summed E-state index contributed by atoms with van der Waals surface area (Å²) in [6.45, 7) is 3.05. The molecule has 2 aliphatic carbocycles. The molecule has 3 saturated heterocycles. The number of morpholine rings is 1. The molecule has 0 radical (unpaired) electrons. The number of amides is 4. The van der Waals surface area contributed by atoms with E-state index in [-0.39, 0.29) is 37.0 Å². The molecule has 10 rings (SSSR count). The number of halogens is 1. The van der Waals surface area contributed by atoms with Gasteiger partial charge in [-0.1, -0.05) is 96.0 Å². The van der Waals surface area contributed by atoms with E-state index in [0.717, 1.165) is 29.9 Å². The SMILES string of the molecule is O=C1[C@H]2[C@H](CC=C3[C@H]2C[C@H]2C(=O)N(c4cccc(Cl)c4)C(=O)[C@@]2(c2ccccc2)[C@H]3c2ccc(OCc3ccccc3)cc2O)C(=O)N1c1ccc(N2CCOCC2)cc1. The summed E-state index contributed by atoms with van der Waals surface area (Å²) in [5.41, 5.74) is 3.04. The molecule has 4 fully saturated rings. The van der Waals surface area contributed by atoms with Gasteiger partial charge in [-0.05, 0) is 78.4 Å². The highest BCUT2D eigenvalue weighted by atomic mass is 35.5. The van der Waals surface area contributed by atoms with Gasteiger partial charge >= 0.3 is 0 Å². The van der Waals surface area contributed by atoms with Gasteiger partial charge in [0.2, 0.25) is 23.6 Å². The largest absolute Gasteiger partial charge is 0.508 e. The summed E-state index contributed by atoms with van der Waals surface area (Å²) < 4.78 is 11.6. The van der Waals surface area contributed by atoms with Gasteiger partial charge in [0.05, 0.1) is 47.8 Å². The third-order valence-corrected chi connectivity index (χ3v) is 13.4. The van der Waals surface area contributed by atoms with E-state index in [4.69, 9.17) is 21.1 Å². The van der Waals surface area contributed by atoms with Crippen molar-refractivity contribution in [2.75, 3.05) is 41.0 Å². The molecule has 4 amide bonds. The molecule has 10 nitrogen and oxygen atoms in total. The van der Waals surface area contributed by atoms with E-state index in [1.165, 1.54) is 9.80 Å². The first kappa shape index (κ1) is 38.0. The maximum absolute atomic E-state index is 15.6. The average molecular weight is 820 g/mol. The number of carbonyl (C=O) groups excluding carboxylic acids is 4. The van der Waals surface area contributed by atoms with E-state index in [2.05, 4.69) is 4.90 Å². The Hall–Kier alpha value is -6.23. The third-order valence-electron chi connectivity index (χ3n) is 13.2. The van der Waals surface area contributed by atoms with Gasteiger partial charge in [-0.2, -0.15) is 0 Å². The fraction of sp³-hybridized carbons (Fsp3) is 0.265. The molecule has 3 aliphatic heterocycles. The van der Waals surface area contributed by atoms with Crippen LogP contribution < -0.4 is 19.4 Å². The Bertz CT molecular complexity index is 2540. The Balaban J connectivity index is 1.09. The molecule has 11 heteroatoms. The molecule has 6 atom stereocenters. The fourth-order valence-electron chi connectivity index (χ4n) is 10.6. The first-order valence-electron chi connectivity index (χ1n) is 20.5. The van der Waals surface area contributed by atoms with E-state index in [0.29, 0.717) is 46.5 Å². The number of rotatable bonds is 8. The summed E-state index contributed by atoms with van der Waals surface area (Å²) in [6, 6.07) is 38.2. The number of hydrogen-bond donors (Lipinski definition) is 1. The monoisotopic (exact) mass is 819 g/mol. The molecule has 5 aromatic rings. The molecule has 5 aliphatic rings. The number of fused-ring (bicyclic) bond motifs is 4. The average Bonchev–Trinajstić information content (AvgIpc) is 3.67. The van der Waals surface area contributed by atoms with Gasteiger partial charge < -0.3 is 19.5 Å². The lowest BCUT2D eigenvalue weighted by molar-refractivity contribution is -0.127. The molecule has 0 bridgehead atoms. The Kier molecular flexibility index (Phi) is 9.57. The number of phenols is 1. The van der Waals surface area contributed by atoms with Crippen LogP contribution in [0.2, 0.25) is 5.02 Å². The Labute approximate surface area is 352 Å². The van der Waals surface area contributed by atoms with Crippen molar-refractivity contribution in [3.05, 3.63) is 161 Å². The lowest BCUT2D eigenvalue weighted by atomic mass is 9.49. The van der Waals surface area contributed by atoms with Crippen molar-refractivity contribution in [3.63, 3.8) is 0 Å². The van der Waals surface area contributed by atoms with E-state index in [9.17, 15) is 14.7 Å². The standard InChI is InChI=1S/C49H42ClN3O7/c50-32-12-7-13-35(26-32)53-46(56)41-28-40-37(20-21-39-43(40)47(57)52(45(39)55)34-16-14-33(15-17-34)51-22-24-59-25-23-51)44(49(41,48(53)58)31-10-5-2-6-11-31)38-19-18-36(27-42(38)54)60-29-30-8-3-1-4-9-30/h1-20,26-27,39-41,43-44,54H,21-25,28-29H2/t39-,40+,41-,43-,44+,49+/m0/s1. The number of nitrogens with zero attached hydrogens (tertiary/aromatic N) is 3. The van der Waals surface area contributed by atoms with Crippen molar-refractivity contribution in [2.24, 2.45) is 23.7 Å². The molecule has 0 aromatic heterocycles. The number of allylic oxidation sites excluding steroid dienone is 2. The van der Waals surface area contributed by atoms with Crippen molar-refractivity contribution in [1.82, 2.24) is 0 Å². The Morgan fingerprint density at radius 2 is 1.43 bits per heavy atom. The molecule has 302 valence electrons. The van der Waals surface area contributed by atoms with Crippen LogP contribution in [0.3, 0.4) is 0 Å². The van der Waals surface area contributed by atoms with Gasteiger partial charge in [0.25, 0.3) is 0 Å². The van der Waals surface area contributed by atoms with Crippen molar-refractivity contribution >= 4 is 52.3 Å². The highest BCUT2D eigenvalue weighted by Gasteiger charge is 2.70. The molecule has 1 N–H and O–H groups in total. The summed E-state index contributed by atoms with van der Waals surface area (Å²) in [5.74, 6) is -5.06. The van der Waals surface area contributed by atoms with Crippen molar-refractivity contribution in [2.45, 2.75) is 30.8 Å². The van der Waals surface area contributed by atoms with Gasteiger partial charge in [-0.15, -0.1) is 0 Å². The zero-order valence-electron chi connectivity index (χ0n) is 32.7. The first-order valence-corrected chi connectivity index (χ1v) is 20.8. The lowest BCUT2D eigenvalue weighted by Gasteiger charge is -2.50. The second kappa shape index (κ2) is 15.1. The van der Waals surface area contributed by atoms with E-state index < -0.39 is 46.8 Å². The summed E-state index contributed by atoms with van der Waals surface area (Å²) in [5, 5.41) is 12.5. The Morgan fingerprint density at radius 3 is 2.15 bits per heavy atom. The maximum Gasteiger partial charge on any atom is 0.246 e. The van der Waals surface area contributed by atoms with Crippen LogP contribution >= 0.6 is 11.6 Å². The van der Waals surface area contributed by atoms with Crippen LogP contribution in [0.4, 0.5) is 17.1 Å². The van der Waals surface area contributed by atoms with Crippen molar-refractivity contribution in [3.8, 4) is 11.5 Å². The van der Waals surface area contributed by atoms with E-state index in [1.807, 2.05) is 91.0 Å². The molecular weight excluding hydrogens is 778 g/mol. The number of benzene rings is 5. The van der Waals surface area contributed by atoms with E-state index >= 15 is 9.59 Å². The quantitative estimate of drug-likeness (QED) is 0.125. The first-order chi connectivity index (χ1) is 29.3. The highest BCUT2D eigenvalue weighted by molar-refractivity contribution is 6.32. The minimum Gasteiger partial charge on any atom is -0.508 e. The summed E-state index contributed by atoms with van der Waals surface area (Å²) in [4.78, 5) is 64.7. The van der Waals surface area contributed by atoms with Crippen LogP contribution in [0.25, 0.3) is 0 Å². The molecule has 5 aromatic carbocycles. The number of hydrogen-bond acceptors (Lipinski definition) is 8. The summed E-state index contributed by atoms with van der Waals surface area (Å²) in [7, 11) is 0. The highest BCUT2D eigenvalue weighted by Crippen LogP contribution is 2.65. The van der Waals surface area contributed by atoms with Crippen molar-refractivity contribution < 1.29 is 33.8 Å². The van der Waals surface area contributed by atoms with Crippen LogP contribution in [-0.2, 0) is 35.9 Å². The van der Waals surface area contributed by atoms with Gasteiger partial charge in [-0.25, -0.2) is 4.90 Å². The fourth-order valence-corrected chi connectivity index (χ4v) is 10.8. The molecule has 0 spiro atoms. The second-order valence-electron chi connectivity index (χ2n) is 16.2. The third kappa shape index (κ3) is 6.03. The smallest absolute Gasteiger partial charge is 0.246 e. The van der Waals surface area contributed by atoms with Crippen molar-refractivity contribution in [1.29, 1.82) is 0 Å². The van der Waals surface area contributed by atoms with Crippen LogP contribution in [0.15, 0.2) is 139 Å². The van der Waals surface area contributed by atoms with E-state index in [1.54, 1.807) is 42.5 Å². The van der Waals surface area contributed by atoms with Gasteiger partial charge in [-0.3, -0.25) is 24.1 Å². The predicted octanol–water partition coefficient (Wildman–Crippen LogP) is 7.83. The zero-order chi connectivity index (χ0) is 41.1. The molecule has 1 saturated carbocycles. The normalized spacial score (nSPS) is 26.1. The summed E-state index contributed by atoms with van der Waals surface area (Å²) >= 11 is 6.47. The minimum atomic E-state index is -1.53. The van der Waals surface area contributed by atoms with Gasteiger partial charge in [0, 0.05) is 41.3 Å². The number of imide groups is 2. The Morgan fingerprint density at radius 1 is 0.717 bits per heavy atom. The number of anilines is 3. The van der Waals surface area contributed by atoms with Crippen LogP contribution in [-0.4, -0.2) is 55.0 Å². The van der Waals surface area contributed by atoms with Crippen LogP contribution in [0.1, 0.15) is 35.4 Å². The number of carbonyl (C=O) groups is 4. The molecule has 60 heavy (non-hydrogen) atoms. The predicted molar refractivity (Wildman–Crippen MR) is 227 cm³/mol. The molecule has 0 unspecified atom stereocenters. The number of ether oxygens (including phenoxy) is 2. The topological polar surface area (TPSA) is 117 Å². The van der Waals surface area contributed by atoms with Crippen LogP contribution in [0, 0.1) is 23.7 Å². The zero-order valence-corrected chi connectivity index (χ0v) is 33.4. The lowest BCUT2D eigenvalue weighted by Crippen LogP contribution is -2.53. The minimum absolute atomic E-state index is 0.111. The molecule has 3 heterocycles. The summed E-state index contributed by atoms with van der Waals surface area (Å²) in [6.07, 6.45) is 2.39. The molecular formula is C49H42ClN3O7. The number of aromatic hydroxyl groups is 1. The van der Waals surface area contributed by atoms with Crippen LogP contribution in [0.5, 0.6) is 11.5 Å². The second-order valence-corrected chi connectivity index (χ2v) is 16.7. The maximum atomic E-state index is 15.6. The van der Waals surface area contributed by atoms with Gasteiger partial charge in [0.1, 0.15) is 18.1 Å². The number of phenolic OH excluding ortho intramolecular Hbond substituents is 1.